The van der Waals surface area contributed by atoms with Crippen LogP contribution in [0.5, 0.6) is 0 Å². The lowest BCUT2D eigenvalue weighted by Crippen LogP contribution is -2.51. The summed E-state index contributed by atoms with van der Waals surface area (Å²) in [4.78, 5) is 20.4. The van der Waals surface area contributed by atoms with Crippen LogP contribution in [0.3, 0.4) is 0 Å². The van der Waals surface area contributed by atoms with Crippen molar-refractivity contribution in [2.24, 2.45) is 5.92 Å². The number of rotatable bonds is 5. The highest BCUT2D eigenvalue weighted by atomic mass is 19.2. The zero-order valence-electron chi connectivity index (χ0n) is 18.2. The Morgan fingerprint density at radius 3 is 2.76 bits per heavy atom. The van der Waals surface area contributed by atoms with E-state index < -0.39 is 23.4 Å². The highest BCUT2D eigenvalue weighted by Crippen LogP contribution is 2.29. The number of piperidine rings is 1. The third-order valence-electron chi connectivity index (χ3n) is 6.11. The monoisotopic (exact) mass is 470 g/mol. The average molecular weight is 470 g/mol. The zero-order chi connectivity index (χ0) is 23.8. The third-order valence-corrected chi connectivity index (χ3v) is 6.11. The van der Waals surface area contributed by atoms with Gasteiger partial charge in [-0.15, -0.1) is 4.80 Å². The number of nitrogens with zero attached hydrogens (tertiary/aromatic N) is 5. The summed E-state index contributed by atoms with van der Waals surface area (Å²) in [5, 5.41) is 10.9. The average Bonchev–Trinajstić information content (AvgIpc) is 3.49. The van der Waals surface area contributed by atoms with Gasteiger partial charge in [-0.3, -0.25) is 4.79 Å². The Balaban J connectivity index is 1.43. The molecule has 4 aromatic rings. The largest absolute Gasteiger partial charge is 0.423 e. The summed E-state index contributed by atoms with van der Waals surface area (Å²) in [6.45, 7) is 2.77. The summed E-state index contributed by atoms with van der Waals surface area (Å²) in [5.74, 6) is -3.06. The topological polar surface area (TPSA) is 89.1 Å². The number of anilines is 1. The minimum Gasteiger partial charge on any atom is -0.423 e. The molecule has 0 radical (unpaired) electrons. The minimum atomic E-state index is -1.19. The Bertz CT molecular complexity index is 1340. The lowest BCUT2D eigenvalue weighted by atomic mass is 9.90. The van der Waals surface area contributed by atoms with Gasteiger partial charge in [-0.25, -0.2) is 13.2 Å². The first-order valence-corrected chi connectivity index (χ1v) is 10.9. The number of amides is 1. The first-order chi connectivity index (χ1) is 16.4. The van der Waals surface area contributed by atoms with Crippen LogP contribution in [-0.4, -0.2) is 49.9 Å². The van der Waals surface area contributed by atoms with Crippen molar-refractivity contribution < 1.29 is 22.4 Å². The van der Waals surface area contributed by atoms with Crippen LogP contribution in [-0.2, 0) is 0 Å². The highest BCUT2D eigenvalue weighted by molar-refractivity contribution is 5.98. The molecule has 176 valence electrons. The second-order valence-electron chi connectivity index (χ2n) is 8.27. The van der Waals surface area contributed by atoms with Crippen LogP contribution in [0.25, 0.3) is 16.8 Å². The molecule has 11 heteroatoms. The van der Waals surface area contributed by atoms with Gasteiger partial charge >= 0.3 is 0 Å². The molecular formula is C23H21F3N6O2. The molecule has 2 aromatic heterocycles. The predicted molar refractivity (Wildman–Crippen MR) is 117 cm³/mol. The second kappa shape index (κ2) is 8.81. The van der Waals surface area contributed by atoms with Gasteiger partial charge in [0.1, 0.15) is 17.0 Å². The molecule has 1 N–H and O–H groups in total. The summed E-state index contributed by atoms with van der Waals surface area (Å²) in [7, 11) is 0. The van der Waals surface area contributed by atoms with E-state index in [1.165, 1.54) is 36.7 Å². The van der Waals surface area contributed by atoms with Crippen LogP contribution >= 0.6 is 0 Å². The molecule has 1 fully saturated rings. The van der Waals surface area contributed by atoms with Crippen LogP contribution in [0.1, 0.15) is 30.1 Å². The fourth-order valence-corrected chi connectivity index (χ4v) is 4.37. The summed E-state index contributed by atoms with van der Waals surface area (Å²) in [5.41, 5.74) is 0.449. The van der Waals surface area contributed by atoms with E-state index in [-0.39, 0.29) is 29.2 Å². The van der Waals surface area contributed by atoms with Gasteiger partial charge < -0.3 is 14.6 Å². The Morgan fingerprint density at radius 2 is 1.97 bits per heavy atom. The Labute approximate surface area is 192 Å². The molecule has 2 aromatic carbocycles. The molecule has 8 nitrogen and oxygen atoms in total. The standard InChI is InChI=1S/C23H21F3N6O2/c1-13-3-2-10-31(18(13)12-27-23-30-17-7-4-14(24)11-19(17)34-23)22(33)15-5-6-16(25)20(26)21(15)32-28-8-9-29-32/h4-9,11,13,18H,2-3,10,12H2,1H3,(H,27,30)/t13-,18-/m1/s1. The van der Waals surface area contributed by atoms with Gasteiger partial charge in [0.2, 0.25) is 0 Å². The van der Waals surface area contributed by atoms with Gasteiger partial charge in [-0.2, -0.15) is 15.2 Å². The zero-order valence-corrected chi connectivity index (χ0v) is 18.2. The van der Waals surface area contributed by atoms with E-state index in [0.29, 0.717) is 24.2 Å². The van der Waals surface area contributed by atoms with E-state index in [0.717, 1.165) is 23.7 Å². The number of hydrogen-bond acceptors (Lipinski definition) is 6. The van der Waals surface area contributed by atoms with Crippen molar-refractivity contribution >= 4 is 23.0 Å². The van der Waals surface area contributed by atoms with Gasteiger partial charge in [-0.1, -0.05) is 6.92 Å². The number of likely N-dealkylation sites (tertiary alicyclic amines) is 1. The fraction of sp³-hybridized carbons (Fsp3) is 0.304. The van der Waals surface area contributed by atoms with Crippen LogP contribution in [0.4, 0.5) is 19.2 Å². The first-order valence-electron chi connectivity index (χ1n) is 10.9. The van der Waals surface area contributed by atoms with Crippen molar-refractivity contribution in [3.63, 3.8) is 0 Å². The maximum atomic E-state index is 14.7. The quantitative estimate of drug-likeness (QED) is 0.471. The molecule has 1 amide bonds. The number of carbonyl (C=O) groups is 1. The molecule has 1 aliphatic rings. The van der Waals surface area contributed by atoms with Gasteiger partial charge in [0.25, 0.3) is 11.9 Å². The molecule has 0 unspecified atom stereocenters. The van der Waals surface area contributed by atoms with E-state index in [2.05, 4.69) is 20.5 Å². The second-order valence-corrected chi connectivity index (χ2v) is 8.27. The van der Waals surface area contributed by atoms with Gasteiger partial charge in [0.05, 0.1) is 24.0 Å². The number of oxazole rings is 1. The molecule has 0 saturated carbocycles. The molecule has 5 rings (SSSR count). The number of halogens is 3. The summed E-state index contributed by atoms with van der Waals surface area (Å²) < 4.78 is 47.7. The molecular weight excluding hydrogens is 449 g/mol. The van der Waals surface area contributed by atoms with Crippen molar-refractivity contribution in [1.29, 1.82) is 0 Å². The molecule has 3 heterocycles. The number of nitrogens with one attached hydrogen (secondary N) is 1. The summed E-state index contributed by atoms with van der Waals surface area (Å²) in [6.07, 6.45) is 4.30. The number of hydrogen-bond donors (Lipinski definition) is 1. The van der Waals surface area contributed by atoms with E-state index in [1.54, 1.807) is 4.90 Å². The highest BCUT2D eigenvalue weighted by Gasteiger charge is 2.35. The Kier molecular flexibility index (Phi) is 5.68. The normalized spacial score (nSPS) is 18.4. The maximum Gasteiger partial charge on any atom is 0.295 e. The van der Waals surface area contributed by atoms with Gasteiger partial charge in [0, 0.05) is 19.2 Å². The molecule has 1 aliphatic heterocycles. The van der Waals surface area contributed by atoms with Crippen molar-refractivity contribution in [3.8, 4) is 5.69 Å². The molecule has 2 atom stereocenters. The first kappa shape index (κ1) is 21.9. The van der Waals surface area contributed by atoms with Crippen molar-refractivity contribution in [2.45, 2.75) is 25.8 Å². The van der Waals surface area contributed by atoms with Crippen LogP contribution in [0, 0.1) is 23.4 Å². The van der Waals surface area contributed by atoms with E-state index in [1.807, 2.05) is 6.92 Å². The van der Waals surface area contributed by atoms with E-state index >= 15 is 0 Å². The molecule has 34 heavy (non-hydrogen) atoms. The molecule has 0 bridgehead atoms. The Hall–Kier alpha value is -3.89. The minimum absolute atomic E-state index is 0.0356. The van der Waals surface area contributed by atoms with Gasteiger partial charge in [0.15, 0.2) is 17.2 Å². The Morgan fingerprint density at radius 1 is 1.18 bits per heavy atom. The molecule has 0 spiro atoms. The molecule has 0 aliphatic carbocycles. The van der Waals surface area contributed by atoms with Crippen molar-refractivity contribution in [3.05, 3.63) is 65.7 Å². The van der Waals surface area contributed by atoms with Crippen molar-refractivity contribution in [1.82, 2.24) is 24.9 Å². The number of carbonyl (C=O) groups excluding carboxylic acids is 1. The molecule has 1 saturated heterocycles. The summed E-state index contributed by atoms with van der Waals surface area (Å²) >= 11 is 0. The van der Waals surface area contributed by atoms with Gasteiger partial charge in [-0.05, 0) is 43.0 Å². The maximum absolute atomic E-state index is 14.7. The van der Waals surface area contributed by atoms with E-state index in [9.17, 15) is 18.0 Å². The van der Waals surface area contributed by atoms with Crippen LogP contribution in [0.15, 0.2) is 47.1 Å². The predicted octanol–water partition coefficient (Wildman–Crippen LogP) is 4.18. The van der Waals surface area contributed by atoms with E-state index in [4.69, 9.17) is 4.42 Å². The lowest BCUT2D eigenvalue weighted by molar-refractivity contribution is 0.0538. The van der Waals surface area contributed by atoms with Crippen LogP contribution < -0.4 is 5.32 Å². The number of aromatic nitrogens is 4. The van der Waals surface area contributed by atoms with Crippen LogP contribution in [0.2, 0.25) is 0 Å². The fourth-order valence-electron chi connectivity index (χ4n) is 4.37. The third kappa shape index (κ3) is 3.97. The van der Waals surface area contributed by atoms with Crippen molar-refractivity contribution in [2.75, 3.05) is 18.4 Å². The smallest absolute Gasteiger partial charge is 0.295 e. The number of benzene rings is 2. The number of fused-ring (bicyclic) bond motifs is 1. The lowest BCUT2D eigenvalue weighted by Gasteiger charge is -2.40. The summed E-state index contributed by atoms with van der Waals surface area (Å²) in [6, 6.07) is 6.17. The SMILES string of the molecule is C[C@@H]1CCCN(C(=O)c2ccc(F)c(F)c2-n2nccn2)[C@@H]1CNc1nc2ccc(F)cc2o1.